The van der Waals surface area contributed by atoms with E-state index in [1.165, 1.54) is 0 Å². The molecule has 1 heterocycles. The molecule has 5 heteroatoms. The molecule has 0 bridgehead atoms. The number of nitrogens with zero attached hydrogens (tertiary/aromatic N) is 2. The first-order valence-electron chi connectivity index (χ1n) is 10.8. The lowest BCUT2D eigenvalue weighted by atomic mass is 9.83. The summed E-state index contributed by atoms with van der Waals surface area (Å²) in [5.41, 5.74) is 2.23. The molecule has 2 aliphatic rings. The van der Waals surface area contributed by atoms with Gasteiger partial charge in [0.25, 0.3) is 5.91 Å². The molecular weight excluding hydrogens is 376 g/mol. The van der Waals surface area contributed by atoms with E-state index in [2.05, 4.69) is 24.3 Å². The van der Waals surface area contributed by atoms with Crippen molar-refractivity contribution in [2.75, 3.05) is 33.8 Å². The Morgan fingerprint density at radius 1 is 1.07 bits per heavy atom. The van der Waals surface area contributed by atoms with Gasteiger partial charge in [-0.3, -0.25) is 9.59 Å². The van der Waals surface area contributed by atoms with Crippen LogP contribution in [0.25, 0.3) is 11.1 Å². The van der Waals surface area contributed by atoms with Gasteiger partial charge in [-0.15, -0.1) is 0 Å². The molecule has 2 amide bonds. The molecule has 0 spiro atoms. The third kappa shape index (κ3) is 4.12. The minimum atomic E-state index is -1.05. The van der Waals surface area contributed by atoms with Crippen LogP contribution in [0.1, 0.15) is 24.8 Å². The van der Waals surface area contributed by atoms with Crippen molar-refractivity contribution < 1.29 is 14.3 Å². The zero-order valence-electron chi connectivity index (χ0n) is 17.8. The summed E-state index contributed by atoms with van der Waals surface area (Å²) in [6.07, 6.45) is 3.49. The molecule has 5 nitrogen and oxygen atoms in total. The summed E-state index contributed by atoms with van der Waals surface area (Å²) in [4.78, 5) is 29.6. The van der Waals surface area contributed by atoms with Crippen LogP contribution in [-0.2, 0) is 20.7 Å². The van der Waals surface area contributed by atoms with E-state index in [0.29, 0.717) is 26.1 Å². The van der Waals surface area contributed by atoms with Crippen molar-refractivity contribution in [1.82, 2.24) is 9.80 Å². The Balaban J connectivity index is 1.61. The average Bonchev–Trinajstić information content (AvgIpc) is 2.73. The molecule has 1 saturated heterocycles. The van der Waals surface area contributed by atoms with Crippen LogP contribution in [0.4, 0.5) is 0 Å². The Labute approximate surface area is 178 Å². The third-order valence-electron chi connectivity index (χ3n) is 6.27. The van der Waals surface area contributed by atoms with Crippen molar-refractivity contribution in [3.05, 3.63) is 60.2 Å². The molecule has 0 unspecified atom stereocenters. The normalized spacial score (nSPS) is 21.7. The number of morpholine rings is 1. The Kier molecular flexibility index (Phi) is 5.91. The second-order valence-corrected chi connectivity index (χ2v) is 8.67. The van der Waals surface area contributed by atoms with Gasteiger partial charge in [0, 0.05) is 33.0 Å². The van der Waals surface area contributed by atoms with E-state index in [0.717, 1.165) is 36.0 Å². The average molecular weight is 407 g/mol. The first-order chi connectivity index (χ1) is 14.5. The SMILES string of the molecule is CN(C)C(=O)[C@@]1(Cc2cccc(-c3ccccc3)c2)CN(C(=O)C2CCC2)CCO1. The van der Waals surface area contributed by atoms with Crippen LogP contribution in [0.2, 0.25) is 0 Å². The highest BCUT2D eigenvalue weighted by Gasteiger charge is 2.47. The highest BCUT2D eigenvalue weighted by Crippen LogP contribution is 2.32. The molecule has 4 rings (SSSR count). The summed E-state index contributed by atoms with van der Waals surface area (Å²) >= 11 is 0. The molecule has 0 aromatic heterocycles. The monoisotopic (exact) mass is 406 g/mol. The minimum Gasteiger partial charge on any atom is -0.361 e. The fourth-order valence-corrected chi connectivity index (χ4v) is 4.43. The van der Waals surface area contributed by atoms with Crippen molar-refractivity contribution in [3.63, 3.8) is 0 Å². The van der Waals surface area contributed by atoms with Gasteiger partial charge in [0.2, 0.25) is 5.91 Å². The molecule has 2 fully saturated rings. The number of carbonyl (C=O) groups excluding carboxylic acids is 2. The number of hydrogen-bond donors (Lipinski definition) is 0. The second-order valence-electron chi connectivity index (χ2n) is 8.67. The second kappa shape index (κ2) is 8.60. The molecule has 2 aromatic rings. The highest BCUT2D eigenvalue weighted by atomic mass is 16.5. The molecule has 30 heavy (non-hydrogen) atoms. The fourth-order valence-electron chi connectivity index (χ4n) is 4.43. The number of ether oxygens (including phenoxy) is 1. The molecule has 1 aliphatic heterocycles. The Bertz CT molecular complexity index is 908. The lowest BCUT2D eigenvalue weighted by Crippen LogP contribution is -2.62. The maximum Gasteiger partial charge on any atom is 0.256 e. The topological polar surface area (TPSA) is 49.9 Å². The quantitative estimate of drug-likeness (QED) is 0.765. The molecule has 158 valence electrons. The van der Waals surface area contributed by atoms with E-state index in [9.17, 15) is 9.59 Å². The summed E-state index contributed by atoms with van der Waals surface area (Å²) in [7, 11) is 3.50. The zero-order valence-corrected chi connectivity index (χ0v) is 17.8. The molecule has 0 radical (unpaired) electrons. The zero-order chi connectivity index (χ0) is 21.1. The largest absolute Gasteiger partial charge is 0.361 e. The standard InChI is InChI=1S/C25H30N2O3/c1-26(2)24(29)25(18-27(14-15-30-25)23(28)21-11-7-12-21)17-19-8-6-13-22(16-19)20-9-4-3-5-10-20/h3-6,8-10,13,16,21H,7,11-12,14-15,17-18H2,1-2H3/t25-/m1/s1. The first kappa shape index (κ1) is 20.6. The summed E-state index contributed by atoms with van der Waals surface area (Å²) in [5.74, 6) is 0.217. The summed E-state index contributed by atoms with van der Waals surface area (Å²) in [5, 5.41) is 0. The van der Waals surface area contributed by atoms with Crippen LogP contribution < -0.4 is 0 Å². The van der Waals surface area contributed by atoms with Crippen molar-refractivity contribution in [2.24, 2.45) is 5.92 Å². The van der Waals surface area contributed by atoms with Gasteiger partial charge < -0.3 is 14.5 Å². The van der Waals surface area contributed by atoms with E-state index < -0.39 is 5.60 Å². The highest BCUT2D eigenvalue weighted by molar-refractivity contribution is 5.87. The summed E-state index contributed by atoms with van der Waals surface area (Å²) in [6.45, 7) is 1.26. The van der Waals surface area contributed by atoms with Gasteiger partial charge in [-0.1, -0.05) is 61.0 Å². The number of amides is 2. The van der Waals surface area contributed by atoms with Crippen LogP contribution in [0.3, 0.4) is 0 Å². The van der Waals surface area contributed by atoms with Gasteiger partial charge in [-0.05, 0) is 29.5 Å². The van der Waals surface area contributed by atoms with Gasteiger partial charge in [0.15, 0.2) is 5.60 Å². The number of rotatable bonds is 5. The lowest BCUT2D eigenvalue weighted by Gasteiger charge is -2.44. The van der Waals surface area contributed by atoms with Gasteiger partial charge in [0.05, 0.1) is 13.2 Å². The molecule has 0 N–H and O–H groups in total. The Hall–Kier alpha value is -2.66. The van der Waals surface area contributed by atoms with Crippen molar-refractivity contribution in [1.29, 1.82) is 0 Å². The maximum atomic E-state index is 13.3. The lowest BCUT2D eigenvalue weighted by molar-refractivity contribution is -0.174. The molecule has 2 aromatic carbocycles. The van der Waals surface area contributed by atoms with E-state index in [1.807, 2.05) is 35.2 Å². The third-order valence-corrected chi connectivity index (χ3v) is 6.27. The molecular formula is C25H30N2O3. The van der Waals surface area contributed by atoms with E-state index in [4.69, 9.17) is 4.74 Å². The van der Waals surface area contributed by atoms with E-state index in [-0.39, 0.29) is 17.7 Å². The maximum absolute atomic E-state index is 13.3. The van der Waals surface area contributed by atoms with Crippen molar-refractivity contribution in [2.45, 2.75) is 31.3 Å². The predicted octanol–water partition coefficient (Wildman–Crippen LogP) is 3.38. The molecule has 1 saturated carbocycles. The smallest absolute Gasteiger partial charge is 0.256 e. The van der Waals surface area contributed by atoms with Gasteiger partial charge in [-0.2, -0.15) is 0 Å². The van der Waals surface area contributed by atoms with Crippen LogP contribution in [0.5, 0.6) is 0 Å². The van der Waals surface area contributed by atoms with Gasteiger partial charge in [0.1, 0.15) is 0 Å². The number of carbonyl (C=O) groups is 2. The molecule has 1 aliphatic carbocycles. The summed E-state index contributed by atoms with van der Waals surface area (Å²) in [6, 6.07) is 18.5. The molecule has 1 atom stereocenters. The van der Waals surface area contributed by atoms with E-state index >= 15 is 0 Å². The first-order valence-corrected chi connectivity index (χ1v) is 10.8. The number of benzene rings is 2. The van der Waals surface area contributed by atoms with Crippen molar-refractivity contribution >= 4 is 11.8 Å². The van der Waals surface area contributed by atoms with Crippen LogP contribution in [0.15, 0.2) is 54.6 Å². The summed E-state index contributed by atoms with van der Waals surface area (Å²) < 4.78 is 6.16. The fraction of sp³-hybridized carbons (Fsp3) is 0.440. The van der Waals surface area contributed by atoms with E-state index in [1.54, 1.807) is 19.0 Å². The number of hydrogen-bond acceptors (Lipinski definition) is 3. The number of likely N-dealkylation sites (N-methyl/N-ethyl adjacent to an activating group) is 1. The van der Waals surface area contributed by atoms with Crippen molar-refractivity contribution in [3.8, 4) is 11.1 Å². The minimum absolute atomic E-state index is 0.0845. The Morgan fingerprint density at radius 3 is 2.47 bits per heavy atom. The van der Waals surface area contributed by atoms with Gasteiger partial charge in [-0.25, -0.2) is 0 Å². The van der Waals surface area contributed by atoms with Crippen LogP contribution in [0, 0.1) is 5.92 Å². The Morgan fingerprint density at radius 2 is 1.80 bits per heavy atom. The van der Waals surface area contributed by atoms with Crippen LogP contribution >= 0.6 is 0 Å². The predicted molar refractivity (Wildman–Crippen MR) is 117 cm³/mol. The van der Waals surface area contributed by atoms with Gasteiger partial charge >= 0.3 is 0 Å². The van der Waals surface area contributed by atoms with Crippen LogP contribution in [-0.4, -0.2) is 61.0 Å².